The minimum absolute atomic E-state index is 0.253. The average Bonchev–Trinajstić information content (AvgIpc) is 2.39. The summed E-state index contributed by atoms with van der Waals surface area (Å²) in [5.74, 6) is 0. The van der Waals surface area contributed by atoms with Gasteiger partial charge in [-0.15, -0.1) is 0 Å². The van der Waals surface area contributed by atoms with Gasteiger partial charge in [0.1, 0.15) is 0 Å². The molecule has 1 rings (SSSR count). The van der Waals surface area contributed by atoms with Gasteiger partial charge < -0.3 is 20.5 Å². The normalized spacial score (nSPS) is 14.6. The first-order chi connectivity index (χ1) is 8.53. The van der Waals surface area contributed by atoms with Gasteiger partial charge in [-0.1, -0.05) is 17.7 Å². The summed E-state index contributed by atoms with van der Waals surface area (Å²) in [6.45, 7) is 4.64. The van der Waals surface area contributed by atoms with Crippen LogP contribution >= 0.6 is 0 Å². The predicted molar refractivity (Wildman–Crippen MR) is 74.7 cm³/mol. The molecule has 102 valence electrons. The third kappa shape index (κ3) is 4.29. The first-order valence-corrected chi connectivity index (χ1v) is 6.13. The second-order valence-electron chi connectivity index (χ2n) is 4.86. The number of methoxy groups -OCH3 is 2. The molecule has 0 radical (unpaired) electrons. The van der Waals surface area contributed by atoms with Crippen molar-refractivity contribution in [2.75, 3.05) is 26.1 Å². The third-order valence-corrected chi connectivity index (χ3v) is 3.09. The molecule has 0 aliphatic rings. The van der Waals surface area contributed by atoms with Gasteiger partial charge in [0.15, 0.2) is 6.29 Å². The zero-order chi connectivity index (χ0) is 13.6. The molecule has 0 saturated heterocycles. The molecule has 1 aromatic carbocycles. The molecule has 4 nitrogen and oxygen atoms in total. The van der Waals surface area contributed by atoms with Crippen molar-refractivity contribution < 1.29 is 9.47 Å². The zero-order valence-corrected chi connectivity index (χ0v) is 11.7. The van der Waals surface area contributed by atoms with Crippen molar-refractivity contribution in [3.63, 3.8) is 0 Å². The van der Waals surface area contributed by atoms with Crippen LogP contribution < -0.4 is 11.1 Å². The Morgan fingerprint density at radius 3 is 2.22 bits per heavy atom. The maximum atomic E-state index is 5.87. The van der Waals surface area contributed by atoms with Crippen molar-refractivity contribution in [1.82, 2.24) is 0 Å². The van der Waals surface area contributed by atoms with Gasteiger partial charge in [-0.2, -0.15) is 0 Å². The number of hydrogen-bond acceptors (Lipinski definition) is 4. The van der Waals surface area contributed by atoms with Gasteiger partial charge in [-0.3, -0.25) is 0 Å². The zero-order valence-electron chi connectivity index (χ0n) is 11.7. The van der Waals surface area contributed by atoms with Gasteiger partial charge >= 0.3 is 0 Å². The molecule has 0 amide bonds. The topological polar surface area (TPSA) is 56.5 Å². The lowest BCUT2D eigenvalue weighted by Gasteiger charge is -2.33. The molecule has 4 heteroatoms. The van der Waals surface area contributed by atoms with Crippen LogP contribution in [0.3, 0.4) is 0 Å². The summed E-state index contributed by atoms with van der Waals surface area (Å²) in [6.07, 6.45) is 0.432. The Balaban J connectivity index is 2.72. The predicted octanol–water partition coefficient (Wildman–Crippen LogP) is 2.13. The van der Waals surface area contributed by atoms with E-state index in [0.717, 1.165) is 5.69 Å². The summed E-state index contributed by atoms with van der Waals surface area (Å²) in [5, 5.41) is 3.45. The summed E-state index contributed by atoms with van der Waals surface area (Å²) in [7, 11) is 3.27. The van der Waals surface area contributed by atoms with Crippen molar-refractivity contribution >= 4 is 5.69 Å². The van der Waals surface area contributed by atoms with Crippen LogP contribution in [0.4, 0.5) is 5.69 Å². The highest BCUT2D eigenvalue weighted by atomic mass is 16.7. The van der Waals surface area contributed by atoms with Gasteiger partial charge in [0.05, 0.1) is 5.54 Å². The molecule has 0 bridgehead atoms. The molecule has 0 heterocycles. The number of ether oxygens (including phenoxy) is 2. The highest BCUT2D eigenvalue weighted by molar-refractivity contribution is 5.46. The molecular weight excluding hydrogens is 228 g/mol. The monoisotopic (exact) mass is 252 g/mol. The molecule has 0 saturated carbocycles. The SMILES string of the molecule is COC(CC(C)(CN)Nc1ccc(C)cc1)OC. The summed E-state index contributed by atoms with van der Waals surface area (Å²) < 4.78 is 10.5. The lowest BCUT2D eigenvalue weighted by molar-refractivity contribution is -0.113. The maximum absolute atomic E-state index is 5.87. The lowest BCUT2D eigenvalue weighted by atomic mass is 9.97. The minimum Gasteiger partial charge on any atom is -0.378 e. The van der Waals surface area contributed by atoms with E-state index in [1.807, 2.05) is 0 Å². The summed E-state index contributed by atoms with van der Waals surface area (Å²) in [4.78, 5) is 0. The van der Waals surface area contributed by atoms with E-state index in [9.17, 15) is 0 Å². The molecule has 0 fully saturated rings. The molecule has 1 atom stereocenters. The Labute approximate surface area is 109 Å². The van der Waals surface area contributed by atoms with Crippen LogP contribution in [0.25, 0.3) is 0 Å². The van der Waals surface area contributed by atoms with E-state index in [2.05, 4.69) is 43.4 Å². The first kappa shape index (κ1) is 15.0. The van der Waals surface area contributed by atoms with E-state index in [1.165, 1.54) is 5.56 Å². The summed E-state index contributed by atoms with van der Waals surface area (Å²) in [5.41, 5.74) is 7.90. The Morgan fingerprint density at radius 2 is 1.78 bits per heavy atom. The highest BCUT2D eigenvalue weighted by Crippen LogP contribution is 2.21. The van der Waals surface area contributed by atoms with Crippen LogP contribution in [-0.2, 0) is 9.47 Å². The molecule has 0 aliphatic heterocycles. The van der Waals surface area contributed by atoms with Crippen LogP contribution in [0, 0.1) is 6.92 Å². The van der Waals surface area contributed by atoms with Crippen molar-refractivity contribution in [3.05, 3.63) is 29.8 Å². The van der Waals surface area contributed by atoms with Crippen molar-refractivity contribution in [2.45, 2.75) is 32.1 Å². The molecular formula is C14H24N2O2. The third-order valence-electron chi connectivity index (χ3n) is 3.09. The van der Waals surface area contributed by atoms with E-state index in [4.69, 9.17) is 15.2 Å². The maximum Gasteiger partial charge on any atom is 0.159 e. The minimum atomic E-state index is -0.258. The second-order valence-corrected chi connectivity index (χ2v) is 4.86. The van der Waals surface area contributed by atoms with Gasteiger partial charge in [0.25, 0.3) is 0 Å². The smallest absolute Gasteiger partial charge is 0.159 e. The quantitative estimate of drug-likeness (QED) is 0.730. The van der Waals surface area contributed by atoms with E-state index >= 15 is 0 Å². The molecule has 0 aliphatic carbocycles. The van der Waals surface area contributed by atoms with E-state index in [0.29, 0.717) is 13.0 Å². The standard InChI is InChI=1S/C14H24N2O2/c1-11-5-7-12(8-6-11)16-14(2,10-15)9-13(17-3)18-4/h5-8,13,16H,9-10,15H2,1-4H3. The molecule has 0 aromatic heterocycles. The number of hydrogen-bond donors (Lipinski definition) is 2. The van der Waals surface area contributed by atoms with Crippen molar-refractivity contribution in [2.24, 2.45) is 5.73 Å². The Morgan fingerprint density at radius 1 is 1.22 bits per heavy atom. The highest BCUT2D eigenvalue weighted by Gasteiger charge is 2.26. The molecule has 18 heavy (non-hydrogen) atoms. The number of benzene rings is 1. The van der Waals surface area contributed by atoms with Crippen molar-refractivity contribution in [1.29, 1.82) is 0 Å². The first-order valence-electron chi connectivity index (χ1n) is 6.13. The fourth-order valence-electron chi connectivity index (χ4n) is 1.80. The summed E-state index contributed by atoms with van der Waals surface area (Å²) in [6, 6.07) is 8.25. The Kier molecular flexibility index (Phi) is 5.59. The van der Waals surface area contributed by atoms with E-state index < -0.39 is 0 Å². The van der Waals surface area contributed by atoms with E-state index in [1.54, 1.807) is 14.2 Å². The van der Waals surface area contributed by atoms with Crippen LogP contribution in [0.5, 0.6) is 0 Å². The molecule has 1 unspecified atom stereocenters. The van der Waals surface area contributed by atoms with Gasteiger partial charge in [0.2, 0.25) is 0 Å². The fraction of sp³-hybridized carbons (Fsp3) is 0.571. The molecule has 0 spiro atoms. The van der Waals surface area contributed by atoms with Crippen LogP contribution in [0.2, 0.25) is 0 Å². The van der Waals surface area contributed by atoms with Crippen LogP contribution in [0.1, 0.15) is 18.9 Å². The van der Waals surface area contributed by atoms with Gasteiger partial charge in [0, 0.05) is 32.9 Å². The van der Waals surface area contributed by atoms with Gasteiger partial charge in [-0.25, -0.2) is 0 Å². The number of aryl methyl sites for hydroxylation is 1. The number of nitrogens with one attached hydrogen (secondary N) is 1. The average molecular weight is 252 g/mol. The number of anilines is 1. The second kappa shape index (κ2) is 6.73. The summed E-state index contributed by atoms with van der Waals surface area (Å²) >= 11 is 0. The van der Waals surface area contributed by atoms with Crippen LogP contribution in [-0.4, -0.2) is 32.6 Å². The largest absolute Gasteiger partial charge is 0.378 e. The Bertz CT molecular complexity index is 349. The van der Waals surface area contributed by atoms with Crippen molar-refractivity contribution in [3.8, 4) is 0 Å². The lowest BCUT2D eigenvalue weighted by Crippen LogP contribution is -2.45. The Hall–Kier alpha value is -1.10. The number of rotatable bonds is 7. The van der Waals surface area contributed by atoms with E-state index in [-0.39, 0.29) is 11.8 Å². The fourth-order valence-corrected chi connectivity index (χ4v) is 1.80. The molecule has 3 N–H and O–H groups in total. The van der Waals surface area contributed by atoms with Crippen LogP contribution in [0.15, 0.2) is 24.3 Å². The molecule has 1 aromatic rings. The van der Waals surface area contributed by atoms with Gasteiger partial charge in [-0.05, 0) is 26.0 Å². The number of nitrogens with two attached hydrogens (primary N) is 1.